The van der Waals surface area contributed by atoms with Gasteiger partial charge in [-0.3, -0.25) is 0 Å². The molecule has 0 aliphatic heterocycles. The Morgan fingerprint density at radius 2 is 2.21 bits per heavy atom. The number of rotatable bonds is 5. The lowest BCUT2D eigenvalue weighted by molar-refractivity contribution is -0.304. The summed E-state index contributed by atoms with van der Waals surface area (Å²) in [5.41, 5.74) is 1.04. The van der Waals surface area contributed by atoms with Crippen LogP contribution in [0.4, 0.5) is 5.13 Å². The number of nitrogens with zero attached hydrogens (tertiary/aromatic N) is 1. The van der Waals surface area contributed by atoms with Crippen molar-refractivity contribution in [2.45, 2.75) is 13.0 Å². The number of aromatic hydroxyl groups is 2. The van der Waals surface area contributed by atoms with E-state index < -0.39 is 5.97 Å². The monoisotopic (exact) mass is 279 g/mol. The molecule has 0 fully saturated rings. The number of phenolic OH excluding ortho intramolecular Hbond substituents is 2. The number of carboxylic acid groups (broad SMARTS) is 1. The normalized spacial score (nSPS) is 10.3. The molecule has 2 rings (SSSR count). The summed E-state index contributed by atoms with van der Waals surface area (Å²) < 4.78 is 0. The fourth-order valence-corrected chi connectivity index (χ4v) is 2.20. The molecule has 0 unspecified atom stereocenters. The molecule has 19 heavy (non-hydrogen) atoms. The summed E-state index contributed by atoms with van der Waals surface area (Å²) in [5.74, 6) is -1.20. The molecule has 1 heterocycles. The maximum atomic E-state index is 10.4. The second-order valence-electron chi connectivity index (χ2n) is 3.86. The topological polar surface area (TPSA) is 106 Å². The second kappa shape index (κ2) is 5.57. The number of aliphatic carboxylic acids is 1. The molecule has 0 spiro atoms. The third-order valence-corrected chi connectivity index (χ3v) is 3.22. The van der Waals surface area contributed by atoms with E-state index in [-0.39, 0.29) is 17.9 Å². The molecule has 1 aromatic carbocycles. The van der Waals surface area contributed by atoms with E-state index in [0.29, 0.717) is 22.9 Å². The molecule has 6 nitrogen and oxygen atoms in total. The highest BCUT2D eigenvalue weighted by molar-refractivity contribution is 7.13. The first kappa shape index (κ1) is 13.2. The van der Waals surface area contributed by atoms with Crippen molar-refractivity contribution in [2.24, 2.45) is 0 Å². The summed E-state index contributed by atoms with van der Waals surface area (Å²) in [7, 11) is 0. The van der Waals surface area contributed by atoms with Gasteiger partial charge >= 0.3 is 0 Å². The van der Waals surface area contributed by atoms with Gasteiger partial charge in [0.1, 0.15) is 11.5 Å². The van der Waals surface area contributed by atoms with Crippen molar-refractivity contribution in [1.29, 1.82) is 0 Å². The number of nitrogens with one attached hydrogen (secondary N) is 1. The number of carbonyl (C=O) groups is 1. The van der Waals surface area contributed by atoms with Gasteiger partial charge < -0.3 is 25.4 Å². The maximum absolute atomic E-state index is 10.4. The summed E-state index contributed by atoms with van der Waals surface area (Å²) in [6, 6.07) is 4.31. The predicted octanol–water partition coefficient (Wildman–Crippen LogP) is 0.459. The van der Waals surface area contributed by atoms with Gasteiger partial charge in [-0.15, -0.1) is 11.3 Å². The van der Waals surface area contributed by atoms with Gasteiger partial charge in [0.2, 0.25) is 0 Å². The molecule has 0 saturated carbocycles. The van der Waals surface area contributed by atoms with Crippen molar-refractivity contribution in [3.05, 3.63) is 34.8 Å². The zero-order chi connectivity index (χ0) is 13.8. The minimum atomic E-state index is -1.17. The van der Waals surface area contributed by atoms with Crippen LogP contribution in [-0.2, 0) is 17.8 Å². The van der Waals surface area contributed by atoms with Crippen molar-refractivity contribution in [1.82, 2.24) is 4.98 Å². The lowest BCUT2D eigenvalue weighted by Gasteiger charge is -2.05. The molecule has 0 amide bonds. The van der Waals surface area contributed by atoms with E-state index in [1.165, 1.54) is 23.5 Å². The van der Waals surface area contributed by atoms with Crippen LogP contribution in [0.1, 0.15) is 11.3 Å². The zero-order valence-corrected chi connectivity index (χ0v) is 10.6. The van der Waals surface area contributed by atoms with Crippen LogP contribution in [0.25, 0.3) is 0 Å². The van der Waals surface area contributed by atoms with Gasteiger partial charge in [0, 0.05) is 35.9 Å². The Labute approximate surface area is 113 Å². The van der Waals surface area contributed by atoms with Crippen molar-refractivity contribution < 1.29 is 20.1 Å². The average Bonchev–Trinajstić information content (AvgIpc) is 2.74. The molecular formula is C12H11N2O4S-. The number of phenols is 2. The van der Waals surface area contributed by atoms with Crippen molar-refractivity contribution >= 4 is 22.4 Å². The third kappa shape index (κ3) is 3.59. The van der Waals surface area contributed by atoms with Crippen LogP contribution in [-0.4, -0.2) is 21.2 Å². The quantitative estimate of drug-likeness (QED) is 0.734. The Kier molecular flexibility index (Phi) is 3.86. The number of aromatic nitrogens is 1. The lowest BCUT2D eigenvalue weighted by Crippen LogP contribution is -2.24. The Morgan fingerprint density at radius 1 is 1.42 bits per heavy atom. The van der Waals surface area contributed by atoms with E-state index in [0.717, 1.165) is 0 Å². The summed E-state index contributed by atoms with van der Waals surface area (Å²) in [6.45, 7) is 0.324. The highest BCUT2D eigenvalue weighted by Gasteiger charge is 2.05. The highest BCUT2D eigenvalue weighted by Crippen LogP contribution is 2.24. The number of carboxylic acids is 1. The van der Waals surface area contributed by atoms with Crippen LogP contribution in [0, 0.1) is 0 Å². The van der Waals surface area contributed by atoms with Crippen LogP contribution >= 0.6 is 11.3 Å². The summed E-state index contributed by atoms with van der Waals surface area (Å²) in [5, 5.41) is 34.3. The van der Waals surface area contributed by atoms with Gasteiger partial charge in [-0.05, 0) is 12.1 Å². The van der Waals surface area contributed by atoms with Crippen LogP contribution in [0.5, 0.6) is 11.5 Å². The highest BCUT2D eigenvalue weighted by atomic mass is 32.1. The smallest absolute Gasteiger partial charge is 0.183 e. The third-order valence-electron chi connectivity index (χ3n) is 2.38. The van der Waals surface area contributed by atoms with Crippen molar-refractivity contribution in [3.63, 3.8) is 0 Å². The molecular weight excluding hydrogens is 268 g/mol. The molecule has 0 aliphatic carbocycles. The molecule has 1 aromatic heterocycles. The van der Waals surface area contributed by atoms with E-state index in [1.54, 1.807) is 11.4 Å². The van der Waals surface area contributed by atoms with Crippen molar-refractivity contribution in [2.75, 3.05) is 5.32 Å². The first-order valence-corrected chi connectivity index (χ1v) is 6.31. The van der Waals surface area contributed by atoms with E-state index in [9.17, 15) is 15.0 Å². The molecule has 0 bridgehead atoms. The Hall–Kier alpha value is -2.28. The SMILES string of the molecule is O=C([O-])Cc1csc(NCc2ccc(O)cc2O)n1. The minimum Gasteiger partial charge on any atom is -0.550 e. The minimum absolute atomic E-state index is 0.00765. The fraction of sp³-hybridized carbons (Fsp3) is 0.167. The predicted molar refractivity (Wildman–Crippen MR) is 67.9 cm³/mol. The van der Waals surface area contributed by atoms with Gasteiger partial charge in [0.25, 0.3) is 0 Å². The largest absolute Gasteiger partial charge is 0.550 e. The molecule has 100 valence electrons. The van der Waals surface area contributed by atoms with Gasteiger partial charge in [0.05, 0.1) is 5.69 Å². The number of hydrogen-bond donors (Lipinski definition) is 3. The maximum Gasteiger partial charge on any atom is 0.183 e. The number of carbonyl (C=O) groups excluding carboxylic acids is 1. The van der Waals surface area contributed by atoms with Gasteiger partial charge in [-0.2, -0.15) is 0 Å². The Bertz CT molecular complexity index is 597. The number of benzene rings is 1. The van der Waals surface area contributed by atoms with Crippen LogP contribution in [0.15, 0.2) is 23.6 Å². The Balaban J connectivity index is 1.98. The van der Waals surface area contributed by atoms with E-state index in [4.69, 9.17) is 5.11 Å². The lowest BCUT2D eigenvalue weighted by atomic mass is 10.2. The zero-order valence-electron chi connectivity index (χ0n) is 9.79. The molecule has 7 heteroatoms. The summed E-state index contributed by atoms with van der Waals surface area (Å²) in [4.78, 5) is 14.5. The molecule has 2 aromatic rings. The van der Waals surface area contributed by atoms with Crippen LogP contribution in [0.2, 0.25) is 0 Å². The van der Waals surface area contributed by atoms with Crippen LogP contribution < -0.4 is 10.4 Å². The first-order chi connectivity index (χ1) is 9.04. The summed E-state index contributed by atoms with van der Waals surface area (Å²) >= 11 is 1.28. The number of hydrogen-bond acceptors (Lipinski definition) is 7. The van der Waals surface area contributed by atoms with Gasteiger partial charge in [-0.1, -0.05) is 0 Å². The average molecular weight is 279 g/mol. The van der Waals surface area contributed by atoms with Crippen molar-refractivity contribution in [3.8, 4) is 11.5 Å². The standard InChI is InChI=1S/C12H12N2O4S/c15-9-2-1-7(10(16)4-9)5-13-12-14-8(6-19-12)3-11(17)18/h1-2,4,6,15-16H,3,5H2,(H,13,14)(H,17,18)/p-1. The van der Waals surface area contributed by atoms with Crippen LogP contribution in [0.3, 0.4) is 0 Å². The fourth-order valence-electron chi connectivity index (χ4n) is 1.49. The van der Waals surface area contributed by atoms with Gasteiger partial charge in [0.15, 0.2) is 5.13 Å². The van der Waals surface area contributed by atoms with E-state index in [1.807, 2.05) is 0 Å². The molecule has 0 saturated heterocycles. The molecule has 0 atom stereocenters. The molecule has 0 aliphatic rings. The number of thiazole rings is 1. The molecule has 0 radical (unpaired) electrons. The van der Waals surface area contributed by atoms with E-state index in [2.05, 4.69) is 10.3 Å². The second-order valence-corrected chi connectivity index (χ2v) is 4.72. The first-order valence-electron chi connectivity index (χ1n) is 5.43. The van der Waals surface area contributed by atoms with E-state index >= 15 is 0 Å². The molecule has 3 N–H and O–H groups in total. The van der Waals surface area contributed by atoms with Gasteiger partial charge in [-0.25, -0.2) is 4.98 Å². The number of anilines is 1. The summed E-state index contributed by atoms with van der Waals surface area (Å²) in [6.07, 6.45) is -0.220. The Morgan fingerprint density at radius 3 is 2.89 bits per heavy atom.